The molecule has 1 aliphatic rings. The number of rotatable bonds is 4. The Morgan fingerprint density at radius 1 is 1.35 bits per heavy atom. The highest BCUT2D eigenvalue weighted by atomic mass is 19.1. The van der Waals surface area contributed by atoms with E-state index in [4.69, 9.17) is 4.74 Å². The maximum absolute atomic E-state index is 13.2. The number of pyridine rings is 1. The molecule has 1 aliphatic carbocycles. The van der Waals surface area contributed by atoms with Crippen molar-refractivity contribution in [2.75, 3.05) is 0 Å². The van der Waals surface area contributed by atoms with Gasteiger partial charge in [0.25, 0.3) is 5.91 Å². The average Bonchev–Trinajstić information content (AvgIpc) is 3.30. The average molecular weight is 316 g/mol. The van der Waals surface area contributed by atoms with Crippen LogP contribution in [0.4, 0.5) is 4.39 Å². The van der Waals surface area contributed by atoms with E-state index in [1.807, 2.05) is 0 Å². The van der Waals surface area contributed by atoms with Crippen LogP contribution in [0.25, 0.3) is 10.9 Å². The molecular formula is C17H17FN2O3. The molecular weight excluding hydrogens is 299 g/mol. The molecule has 23 heavy (non-hydrogen) atoms. The van der Waals surface area contributed by atoms with Crippen LogP contribution in [0.15, 0.2) is 24.3 Å². The molecule has 3 rings (SSSR count). The van der Waals surface area contributed by atoms with Gasteiger partial charge >= 0.3 is 5.97 Å². The second-order valence-corrected chi connectivity index (χ2v) is 5.79. The summed E-state index contributed by atoms with van der Waals surface area (Å²) >= 11 is 0. The smallest absolute Gasteiger partial charge is 0.340 e. The van der Waals surface area contributed by atoms with Crippen molar-refractivity contribution >= 4 is 22.8 Å². The van der Waals surface area contributed by atoms with E-state index in [1.165, 1.54) is 19.1 Å². The predicted octanol–water partition coefficient (Wildman–Crippen LogP) is 2.51. The van der Waals surface area contributed by atoms with Crippen molar-refractivity contribution in [1.29, 1.82) is 0 Å². The number of hydrogen-bond donors (Lipinski definition) is 1. The highest BCUT2D eigenvalue weighted by molar-refractivity contribution is 5.96. The first-order chi connectivity index (χ1) is 10.9. The lowest BCUT2D eigenvalue weighted by Crippen LogP contribution is -2.37. The van der Waals surface area contributed by atoms with Gasteiger partial charge in [0.15, 0.2) is 6.10 Å². The molecule has 1 atom stereocenters. The molecule has 1 saturated carbocycles. The van der Waals surface area contributed by atoms with Crippen molar-refractivity contribution < 1.29 is 18.7 Å². The lowest BCUT2D eigenvalue weighted by molar-refractivity contribution is -0.129. The Morgan fingerprint density at radius 3 is 2.78 bits per heavy atom. The summed E-state index contributed by atoms with van der Waals surface area (Å²) in [7, 11) is 0. The van der Waals surface area contributed by atoms with Crippen LogP contribution in [0, 0.1) is 12.7 Å². The fourth-order valence-electron chi connectivity index (χ4n) is 2.27. The summed E-state index contributed by atoms with van der Waals surface area (Å²) in [6, 6.07) is 5.98. The number of carbonyl (C=O) groups excluding carboxylic acids is 2. The zero-order valence-corrected chi connectivity index (χ0v) is 12.9. The van der Waals surface area contributed by atoms with Gasteiger partial charge in [-0.05, 0) is 44.9 Å². The highest BCUT2D eigenvalue weighted by Gasteiger charge is 2.27. The Balaban J connectivity index is 1.78. The summed E-state index contributed by atoms with van der Waals surface area (Å²) in [5.41, 5.74) is 1.18. The summed E-state index contributed by atoms with van der Waals surface area (Å²) in [5, 5.41) is 3.43. The molecule has 0 radical (unpaired) electrons. The van der Waals surface area contributed by atoms with Gasteiger partial charge in [0.1, 0.15) is 5.82 Å². The summed E-state index contributed by atoms with van der Waals surface area (Å²) in [5.74, 6) is -1.29. The van der Waals surface area contributed by atoms with Crippen molar-refractivity contribution in [2.24, 2.45) is 0 Å². The van der Waals surface area contributed by atoms with E-state index in [2.05, 4.69) is 10.3 Å². The fraction of sp³-hybridized carbons (Fsp3) is 0.353. The summed E-state index contributed by atoms with van der Waals surface area (Å²) in [4.78, 5) is 28.4. The highest BCUT2D eigenvalue weighted by Crippen LogP contribution is 2.20. The number of aryl methyl sites for hydroxylation is 1. The number of carbonyl (C=O) groups is 2. The van der Waals surface area contributed by atoms with Gasteiger partial charge in [-0.1, -0.05) is 0 Å². The first-order valence-corrected chi connectivity index (χ1v) is 7.52. The Hall–Kier alpha value is -2.50. The minimum absolute atomic E-state index is 0.211. The molecule has 1 N–H and O–H groups in total. The molecule has 1 unspecified atom stereocenters. The van der Waals surface area contributed by atoms with Crippen LogP contribution in [0.2, 0.25) is 0 Å². The van der Waals surface area contributed by atoms with Crippen molar-refractivity contribution in [3.05, 3.63) is 41.3 Å². The molecule has 0 saturated heterocycles. The molecule has 1 fully saturated rings. The van der Waals surface area contributed by atoms with E-state index < -0.39 is 12.1 Å². The zero-order valence-electron chi connectivity index (χ0n) is 12.9. The van der Waals surface area contributed by atoms with E-state index in [-0.39, 0.29) is 23.3 Å². The second kappa shape index (κ2) is 5.95. The molecule has 120 valence electrons. The predicted molar refractivity (Wildman–Crippen MR) is 82.5 cm³/mol. The third kappa shape index (κ3) is 3.47. The molecule has 1 amide bonds. The lowest BCUT2D eigenvalue weighted by atomic mass is 10.1. The first-order valence-electron chi connectivity index (χ1n) is 7.52. The van der Waals surface area contributed by atoms with Gasteiger partial charge in [-0.25, -0.2) is 9.18 Å². The summed E-state index contributed by atoms with van der Waals surface area (Å²) in [6.45, 7) is 3.19. The molecule has 0 bridgehead atoms. The minimum Gasteiger partial charge on any atom is -0.449 e. The van der Waals surface area contributed by atoms with Crippen LogP contribution in [0.1, 0.15) is 35.8 Å². The van der Waals surface area contributed by atoms with E-state index >= 15 is 0 Å². The fourth-order valence-corrected chi connectivity index (χ4v) is 2.27. The molecule has 5 nitrogen and oxygen atoms in total. The number of aromatic nitrogens is 1. The zero-order chi connectivity index (χ0) is 16.6. The summed E-state index contributed by atoms with van der Waals surface area (Å²) < 4.78 is 18.4. The number of amides is 1. The molecule has 6 heteroatoms. The number of hydrogen-bond acceptors (Lipinski definition) is 4. The normalized spacial score (nSPS) is 15.3. The Kier molecular flexibility index (Phi) is 3.98. The van der Waals surface area contributed by atoms with E-state index in [9.17, 15) is 14.0 Å². The monoisotopic (exact) mass is 316 g/mol. The number of nitrogens with one attached hydrogen (secondary N) is 1. The van der Waals surface area contributed by atoms with Crippen LogP contribution >= 0.6 is 0 Å². The third-order valence-electron chi connectivity index (χ3n) is 3.77. The van der Waals surface area contributed by atoms with Crippen LogP contribution < -0.4 is 5.32 Å². The maximum Gasteiger partial charge on any atom is 0.340 e. The van der Waals surface area contributed by atoms with Crippen LogP contribution in [0.3, 0.4) is 0 Å². The molecule has 0 aliphatic heterocycles. The number of nitrogens with zero attached hydrogens (tertiary/aromatic N) is 1. The number of benzene rings is 1. The van der Waals surface area contributed by atoms with Crippen molar-refractivity contribution in [3.63, 3.8) is 0 Å². The topological polar surface area (TPSA) is 68.3 Å². The van der Waals surface area contributed by atoms with Gasteiger partial charge in [-0.2, -0.15) is 0 Å². The largest absolute Gasteiger partial charge is 0.449 e. The Bertz CT molecular complexity index is 787. The van der Waals surface area contributed by atoms with Crippen molar-refractivity contribution in [1.82, 2.24) is 10.3 Å². The number of fused-ring (bicyclic) bond motifs is 1. The van der Waals surface area contributed by atoms with Gasteiger partial charge in [0.2, 0.25) is 0 Å². The van der Waals surface area contributed by atoms with Gasteiger partial charge < -0.3 is 10.1 Å². The third-order valence-corrected chi connectivity index (χ3v) is 3.77. The van der Waals surface area contributed by atoms with E-state index in [0.29, 0.717) is 16.6 Å². The second-order valence-electron chi connectivity index (χ2n) is 5.79. The molecule has 1 aromatic heterocycles. The van der Waals surface area contributed by atoms with E-state index in [0.717, 1.165) is 12.8 Å². The lowest BCUT2D eigenvalue weighted by Gasteiger charge is -2.14. The Morgan fingerprint density at radius 2 is 2.09 bits per heavy atom. The first kappa shape index (κ1) is 15.4. The minimum atomic E-state index is -0.869. The van der Waals surface area contributed by atoms with Crippen LogP contribution in [-0.4, -0.2) is 29.0 Å². The van der Waals surface area contributed by atoms with Crippen LogP contribution in [0.5, 0.6) is 0 Å². The van der Waals surface area contributed by atoms with Gasteiger partial charge in [0, 0.05) is 17.5 Å². The summed E-state index contributed by atoms with van der Waals surface area (Å²) in [6.07, 6.45) is 1.07. The number of esters is 1. The molecule has 2 aromatic rings. The van der Waals surface area contributed by atoms with Gasteiger partial charge in [-0.15, -0.1) is 0 Å². The number of ether oxygens (including phenoxy) is 1. The molecule has 1 heterocycles. The molecule has 0 spiro atoms. The van der Waals surface area contributed by atoms with Gasteiger partial charge in [-0.3, -0.25) is 9.78 Å². The van der Waals surface area contributed by atoms with Crippen molar-refractivity contribution in [3.8, 4) is 0 Å². The Labute approximate surface area is 132 Å². The maximum atomic E-state index is 13.2. The van der Waals surface area contributed by atoms with Crippen LogP contribution in [-0.2, 0) is 9.53 Å². The molecule has 1 aromatic carbocycles. The SMILES string of the molecule is Cc1nc2cc(F)ccc2cc1C(=O)OC(C)C(=O)NC1CC1. The number of halogens is 1. The van der Waals surface area contributed by atoms with Crippen molar-refractivity contribution in [2.45, 2.75) is 38.8 Å². The van der Waals surface area contributed by atoms with E-state index in [1.54, 1.807) is 19.1 Å². The standard InChI is InChI=1S/C17H17FN2O3/c1-9-14(7-11-3-4-12(18)8-15(11)19-9)17(22)23-10(2)16(21)20-13-5-6-13/h3-4,7-8,10,13H,5-6H2,1-2H3,(H,20,21). The van der Waals surface area contributed by atoms with Gasteiger partial charge in [0.05, 0.1) is 16.8 Å². The quantitative estimate of drug-likeness (QED) is 0.880.